The van der Waals surface area contributed by atoms with Crippen molar-refractivity contribution < 1.29 is 4.74 Å². The van der Waals surface area contributed by atoms with E-state index in [-0.39, 0.29) is 0 Å². The van der Waals surface area contributed by atoms with Gasteiger partial charge in [-0.05, 0) is 35.9 Å². The lowest BCUT2D eigenvalue weighted by molar-refractivity contribution is 0.415. The molecule has 2 aromatic carbocycles. The maximum atomic E-state index is 5.95. The van der Waals surface area contributed by atoms with E-state index < -0.39 is 0 Å². The lowest BCUT2D eigenvalue weighted by Gasteiger charge is -2.07. The second-order valence-corrected chi connectivity index (χ2v) is 3.90. The first kappa shape index (κ1) is 10.8. The number of ether oxygens (including phenoxy) is 1. The van der Waals surface area contributed by atoms with Crippen molar-refractivity contribution in [1.29, 1.82) is 0 Å². The van der Waals surface area contributed by atoms with Gasteiger partial charge in [-0.2, -0.15) is 0 Å². The number of methoxy groups -OCH3 is 1. The molecule has 0 spiro atoms. The molecule has 0 aliphatic rings. The molecule has 0 radical (unpaired) electrons. The maximum absolute atomic E-state index is 5.95. The van der Waals surface area contributed by atoms with E-state index in [9.17, 15) is 0 Å². The van der Waals surface area contributed by atoms with E-state index in [1.807, 2.05) is 36.4 Å². The van der Waals surface area contributed by atoms with Crippen molar-refractivity contribution >= 4 is 17.3 Å². The van der Waals surface area contributed by atoms with Crippen LogP contribution in [-0.2, 0) is 0 Å². The molecular formula is C13H12ClNO. The topological polar surface area (TPSA) is 35.2 Å². The van der Waals surface area contributed by atoms with Gasteiger partial charge in [0, 0.05) is 16.3 Å². The minimum Gasteiger partial charge on any atom is -0.497 e. The molecule has 0 unspecified atom stereocenters. The predicted octanol–water partition coefficient (Wildman–Crippen LogP) is 3.60. The normalized spacial score (nSPS) is 10.1. The van der Waals surface area contributed by atoms with Gasteiger partial charge in [-0.3, -0.25) is 0 Å². The van der Waals surface area contributed by atoms with Crippen LogP contribution in [0.15, 0.2) is 42.5 Å². The molecule has 0 amide bonds. The van der Waals surface area contributed by atoms with Crippen LogP contribution in [0.2, 0.25) is 5.02 Å². The summed E-state index contributed by atoms with van der Waals surface area (Å²) >= 11 is 5.95. The zero-order valence-corrected chi connectivity index (χ0v) is 9.66. The minimum absolute atomic E-state index is 0.681. The summed E-state index contributed by atoms with van der Waals surface area (Å²) in [6, 6.07) is 13.2. The molecule has 2 rings (SSSR count). The molecule has 0 aliphatic heterocycles. The largest absolute Gasteiger partial charge is 0.497 e. The van der Waals surface area contributed by atoms with Gasteiger partial charge in [0.25, 0.3) is 0 Å². The van der Waals surface area contributed by atoms with Crippen LogP contribution in [0, 0.1) is 0 Å². The highest BCUT2D eigenvalue weighted by Gasteiger charge is 2.03. The molecular weight excluding hydrogens is 222 g/mol. The summed E-state index contributed by atoms with van der Waals surface area (Å²) < 4.78 is 5.10. The molecule has 2 aromatic rings. The lowest BCUT2D eigenvalue weighted by Crippen LogP contribution is -1.90. The van der Waals surface area contributed by atoms with Gasteiger partial charge in [0.1, 0.15) is 5.75 Å². The average molecular weight is 234 g/mol. The van der Waals surface area contributed by atoms with E-state index in [0.29, 0.717) is 5.02 Å². The van der Waals surface area contributed by atoms with Gasteiger partial charge >= 0.3 is 0 Å². The van der Waals surface area contributed by atoms with Gasteiger partial charge < -0.3 is 10.5 Å². The Morgan fingerprint density at radius 1 is 1.06 bits per heavy atom. The average Bonchev–Trinajstić information content (AvgIpc) is 2.32. The molecule has 16 heavy (non-hydrogen) atoms. The van der Waals surface area contributed by atoms with Crippen molar-refractivity contribution in [2.24, 2.45) is 0 Å². The first-order chi connectivity index (χ1) is 7.70. The quantitative estimate of drug-likeness (QED) is 0.805. The SMILES string of the molecule is COc1ccc(-c2cc(Cl)ccc2N)cc1. The highest BCUT2D eigenvalue weighted by Crippen LogP contribution is 2.29. The Morgan fingerprint density at radius 3 is 2.38 bits per heavy atom. The van der Waals surface area contributed by atoms with Crippen LogP contribution in [0.3, 0.4) is 0 Å². The summed E-state index contributed by atoms with van der Waals surface area (Å²) in [7, 11) is 1.64. The number of hydrogen-bond acceptors (Lipinski definition) is 2. The maximum Gasteiger partial charge on any atom is 0.118 e. The van der Waals surface area contributed by atoms with Crippen LogP contribution in [0.4, 0.5) is 5.69 Å². The Morgan fingerprint density at radius 2 is 1.75 bits per heavy atom. The predicted molar refractivity (Wildman–Crippen MR) is 67.9 cm³/mol. The third kappa shape index (κ3) is 2.12. The second-order valence-electron chi connectivity index (χ2n) is 3.46. The number of anilines is 1. The lowest BCUT2D eigenvalue weighted by atomic mass is 10.0. The highest BCUT2D eigenvalue weighted by atomic mass is 35.5. The van der Waals surface area contributed by atoms with E-state index in [2.05, 4.69) is 0 Å². The standard InChI is InChI=1S/C13H12ClNO/c1-16-11-5-2-9(3-6-11)12-8-10(14)4-7-13(12)15/h2-8H,15H2,1H3. The molecule has 0 atom stereocenters. The van der Waals surface area contributed by atoms with Crippen molar-refractivity contribution in [3.8, 4) is 16.9 Å². The van der Waals surface area contributed by atoms with Gasteiger partial charge in [0.2, 0.25) is 0 Å². The molecule has 0 bridgehead atoms. The Hall–Kier alpha value is -1.67. The van der Waals surface area contributed by atoms with Crippen LogP contribution in [0.5, 0.6) is 5.75 Å². The molecule has 0 fully saturated rings. The first-order valence-electron chi connectivity index (χ1n) is 4.90. The van der Waals surface area contributed by atoms with Crippen molar-refractivity contribution in [3.05, 3.63) is 47.5 Å². The fourth-order valence-corrected chi connectivity index (χ4v) is 1.72. The Bertz CT molecular complexity index is 494. The number of halogens is 1. The summed E-state index contributed by atoms with van der Waals surface area (Å²) in [6.45, 7) is 0. The molecule has 0 heterocycles. The summed E-state index contributed by atoms with van der Waals surface area (Å²) in [5.74, 6) is 0.823. The number of rotatable bonds is 2. The molecule has 0 aliphatic carbocycles. The highest BCUT2D eigenvalue weighted by molar-refractivity contribution is 6.31. The first-order valence-corrected chi connectivity index (χ1v) is 5.28. The molecule has 0 saturated carbocycles. The van der Waals surface area contributed by atoms with Gasteiger partial charge in [-0.15, -0.1) is 0 Å². The van der Waals surface area contributed by atoms with Crippen LogP contribution >= 0.6 is 11.6 Å². The minimum atomic E-state index is 0.681. The summed E-state index contributed by atoms with van der Waals surface area (Å²) in [6.07, 6.45) is 0. The van der Waals surface area contributed by atoms with Crippen LogP contribution in [0.1, 0.15) is 0 Å². The molecule has 2 N–H and O–H groups in total. The second kappa shape index (κ2) is 4.45. The summed E-state index contributed by atoms with van der Waals surface area (Å²) in [5, 5.41) is 0.681. The summed E-state index contributed by atoms with van der Waals surface area (Å²) in [5.41, 5.74) is 8.59. The van der Waals surface area contributed by atoms with E-state index in [4.69, 9.17) is 22.1 Å². The summed E-state index contributed by atoms with van der Waals surface area (Å²) in [4.78, 5) is 0. The molecule has 0 aromatic heterocycles. The smallest absolute Gasteiger partial charge is 0.118 e. The fraction of sp³-hybridized carbons (Fsp3) is 0.0769. The van der Waals surface area contributed by atoms with E-state index >= 15 is 0 Å². The number of hydrogen-bond donors (Lipinski definition) is 1. The number of benzene rings is 2. The zero-order valence-electron chi connectivity index (χ0n) is 8.91. The number of nitrogens with two attached hydrogens (primary N) is 1. The molecule has 3 heteroatoms. The Labute approximate surface area is 99.6 Å². The van der Waals surface area contributed by atoms with Crippen molar-refractivity contribution in [2.75, 3.05) is 12.8 Å². The van der Waals surface area contributed by atoms with Crippen molar-refractivity contribution in [3.63, 3.8) is 0 Å². The van der Waals surface area contributed by atoms with E-state index in [1.54, 1.807) is 13.2 Å². The third-order valence-electron chi connectivity index (χ3n) is 2.42. The molecule has 2 nitrogen and oxygen atoms in total. The third-order valence-corrected chi connectivity index (χ3v) is 2.65. The van der Waals surface area contributed by atoms with Crippen LogP contribution < -0.4 is 10.5 Å². The molecule has 82 valence electrons. The van der Waals surface area contributed by atoms with Gasteiger partial charge in [-0.25, -0.2) is 0 Å². The van der Waals surface area contributed by atoms with E-state index in [0.717, 1.165) is 22.6 Å². The molecule has 0 saturated heterocycles. The van der Waals surface area contributed by atoms with Crippen molar-refractivity contribution in [1.82, 2.24) is 0 Å². The van der Waals surface area contributed by atoms with Gasteiger partial charge in [0.15, 0.2) is 0 Å². The zero-order chi connectivity index (χ0) is 11.5. The van der Waals surface area contributed by atoms with Crippen LogP contribution in [0.25, 0.3) is 11.1 Å². The fourth-order valence-electron chi connectivity index (χ4n) is 1.55. The number of nitrogen functional groups attached to an aromatic ring is 1. The van der Waals surface area contributed by atoms with Crippen LogP contribution in [-0.4, -0.2) is 7.11 Å². The Kier molecular flexibility index (Phi) is 3.02. The van der Waals surface area contributed by atoms with E-state index in [1.165, 1.54) is 0 Å². The van der Waals surface area contributed by atoms with Gasteiger partial charge in [-0.1, -0.05) is 23.7 Å². The van der Waals surface area contributed by atoms with Gasteiger partial charge in [0.05, 0.1) is 7.11 Å². The monoisotopic (exact) mass is 233 g/mol. The Balaban J connectivity index is 2.45. The van der Waals surface area contributed by atoms with Crippen molar-refractivity contribution in [2.45, 2.75) is 0 Å².